The van der Waals surface area contributed by atoms with Gasteiger partial charge in [-0.25, -0.2) is 4.98 Å². The Morgan fingerprint density at radius 2 is 1.59 bits per heavy atom. The Labute approximate surface area is 109 Å². The Bertz CT molecular complexity index is 673. The lowest BCUT2D eigenvalue weighted by Gasteiger charge is -1.94. The van der Waals surface area contributed by atoms with Gasteiger partial charge in [-0.2, -0.15) is 0 Å². The van der Waals surface area contributed by atoms with Gasteiger partial charge in [0.05, 0.1) is 0 Å². The summed E-state index contributed by atoms with van der Waals surface area (Å²) in [6.07, 6.45) is 0. The van der Waals surface area contributed by atoms with Crippen molar-refractivity contribution in [3.8, 4) is 11.5 Å². The molecule has 0 spiro atoms. The largest absolute Gasteiger partial charge is 0.436 e. The summed E-state index contributed by atoms with van der Waals surface area (Å²) in [7, 11) is 0. The van der Waals surface area contributed by atoms with Crippen molar-refractivity contribution in [3.05, 3.63) is 42.5 Å². The molecule has 84 valence electrons. The fraction of sp³-hybridized carbons (Fsp3) is 0. The van der Waals surface area contributed by atoms with Gasteiger partial charge in [-0.1, -0.05) is 0 Å². The highest BCUT2D eigenvalue weighted by molar-refractivity contribution is 7.80. The van der Waals surface area contributed by atoms with E-state index in [4.69, 9.17) is 4.42 Å². The molecule has 0 aliphatic rings. The molecule has 0 saturated carbocycles. The van der Waals surface area contributed by atoms with Gasteiger partial charge >= 0.3 is 0 Å². The summed E-state index contributed by atoms with van der Waals surface area (Å²) in [6.45, 7) is 0. The lowest BCUT2D eigenvalue weighted by atomic mass is 10.2. The van der Waals surface area contributed by atoms with Crippen LogP contribution in [0.4, 0.5) is 0 Å². The van der Waals surface area contributed by atoms with Gasteiger partial charge < -0.3 is 4.42 Å². The van der Waals surface area contributed by atoms with Crippen LogP contribution in [0.3, 0.4) is 0 Å². The first-order valence-electron chi connectivity index (χ1n) is 5.11. The van der Waals surface area contributed by atoms with E-state index in [0.717, 1.165) is 26.5 Å². The number of aromatic nitrogens is 1. The van der Waals surface area contributed by atoms with Gasteiger partial charge in [0.2, 0.25) is 5.89 Å². The molecule has 0 unspecified atom stereocenters. The second-order valence-corrected chi connectivity index (χ2v) is 4.75. The molecule has 0 bridgehead atoms. The zero-order valence-electron chi connectivity index (χ0n) is 8.79. The second-order valence-electron chi connectivity index (χ2n) is 3.72. The van der Waals surface area contributed by atoms with Crippen LogP contribution in [-0.2, 0) is 0 Å². The molecule has 1 aromatic heterocycles. The number of nitrogens with zero attached hydrogens (tertiary/aromatic N) is 1. The van der Waals surface area contributed by atoms with Crippen LogP contribution >= 0.6 is 25.3 Å². The fourth-order valence-corrected chi connectivity index (χ4v) is 1.98. The van der Waals surface area contributed by atoms with Crippen molar-refractivity contribution >= 4 is 36.4 Å². The van der Waals surface area contributed by atoms with Gasteiger partial charge in [0, 0.05) is 15.4 Å². The average Bonchev–Trinajstić information content (AvgIpc) is 2.72. The molecule has 3 aromatic rings. The first kappa shape index (κ1) is 10.7. The normalized spacial score (nSPS) is 10.9. The summed E-state index contributed by atoms with van der Waals surface area (Å²) < 4.78 is 5.69. The number of benzene rings is 2. The third-order valence-corrected chi connectivity index (χ3v) is 3.06. The lowest BCUT2D eigenvalue weighted by Crippen LogP contribution is -1.76. The van der Waals surface area contributed by atoms with Crippen LogP contribution in [0.25, 0.3) is 22.6 Å². The molecule has 17 heavy (non-hydrogen) atoms. The Kier molecular flexibility index (Phi) is 2.61. The molecule has 0 saturated heterocycles. The Morgan fingerprint density at radius 3 is 2.35 bits per heavy atom. The second kappa shape index (κ2) is 4.13. The molecular formula is C13H9NOS2. The monoisotopic (exact) mass is 259 g/mol. The molecule has 3 rings (SSSR count). The van der Waals surface area contributed by atoms with Crippen LogP contribution < -0.4 is 0 Å². The predicted octanol–water partition coefficient (Wildman–Crippen LogP) is 4.07. The first-order chi connectivity index (χ1) is 8.22. The first-order valence-corrected chi connectivity index (χ1v) is 6.01. The number of rotatable bonds is 1. The molecule has 2 nitrogen and oxygen atoms in total. The fourth-order valence-electron chi connectivity index (χ4n) is 1.64. The molecule has 0 aliphatic carbocycles. The predicted molar refractivity (Wildman–Crippen MR) is 73.9 cm³/mol. The van der Waals surface area contributed by atoms with E-state index in [9.17, 15) is 0 Å². The zero-order chi connectivity index (χ0) is 11.8. The van der Waals surface area contributed by atoms with Gasteiger partial charge in [0.15, 0.2) is 5.58 Å². The van der Waals surface area contributed by atoms with Crippen molar-refractivity contribution in [2.24, 2.45) is 0 Å². The van der Waals surface area contributed by atoms with Crippen LogP contribution in [0.2, 0.25) is 0 Å². The van der Waals surface area contributed by atoms with E-state index in [0.29, 0.717) is 5.89 Å². The van der Waals surface area contributed by atoms with Gasteiger partial charge in [-0.3, -0.25) is 0 Å². The van der Waals surface area contributed by atoms with Gasteiger partial charge in [0.1, 0.15) is 5.52 Å². The number of fused-ring (bicyclic) bond motifs is 1. The van der Waals surface area contributed by atoms with Crippen molar-refractivity contribution in [2.75, 3.05) is 0 Å². The number of thiol groups is 2. The smallest absolute Gasteiger partial charge is 0.227 e. The van der Waals surface area contributed by atoms with Gasteiger partial charge in [0.25, 0.3) is 0 Å². The van der Waals surface area contributed by atoms with E-state index in [1.807, 2.05) is 42.5 Å². The Balaban J connectivity index is 2.14. The highest BCUT2D eigenvalue weighted by Crippen LogP contribution is 2.26. The van der Waals surface area contributed by atoms with Crippen molar-refractivity contribution in [3.63, 3.8) is 0 Å². The van der Waals surface area contributed by atoms with Crippen LogP contribution in [0.15, 0.2) is 56.7 Å². The lowest BCUT2D eigenvalue weighted by molar-refractivity contribution is 0.619. The van der Waals surface area contributed by atoms with Crippen LogP contribution in [0, 0.1) is 0 Å². The van der Waals surface area contributed by atoms with Crippen LogP contribution in [0.5, 0.6) is 0 Å². The van der Waals surface area contributed by atoms with Gasteiger partial charge in [-0.15, -0.1) is 25.3 Å². The van der Waals surface area contributed by atoms with Gasteiger partial charge in [-0.05, 0) is 42.5 Å². The molecule has 0 N–H and O–H groups in total. The minimum Gasteiger partial charge on any atom is -0.436 e. The number of hydrogen-bond acceptors (Lipinski definition) is 4. The molecule has 0 aliphatic heterocycles. The maximum absolute atomic E-state index is 5.69. The summed E-state index contributed by atoms with van der Waals surface area (Å²) in [5.74, 6) is 0.618. The number of oxazole rings is 1. The quantitative estimate of drug-likeness (QED) is 0.644. The van der Waals surface area contributed by atoms with E-state index < -0.39 is 0 Å². The molecule has 0 radical (unpaired) electrons. The number of hydrogen-bond donors (Lipinski definition) is 2. The highest BCUT2D eigenvalue weighted by atomic mass is 32.1. The minimum absolute atomic E-state index is 0.618. The zero-order valence-corrected chi connectivity index (χ0v) is 10.6. The minimum atomic E-state index is 0.618. The van der Waals surface area contributed by atoms with E-state index in [1.54, 1.807) is 0 Å². The molecule has 1 heterocycles. The third-order valence-electron chi connectivity index (χ3n) is 2.49. The Hall–Kier alpha value is -1.39. The van der Waals surface area contributed by atoms with Crippen molar-refractivity contribution in [1.29, 1.82) is 0 Å². The van der Waals surface area contributed by atoms with Crippen LogP contribution in [0.1, 0.15) is 0 Å². The molecule has 0 atom stereocenters. The molecule has 2 aromatic carbocycles. The molecule has 0 amide bonds. The Morgan fingerprint density at radius 1 is 0.882 bits per heavy atom. The maximum atomic E-state index is 5.69. The molecule has 4 heteroatoms. The summed E-state index contributed by atoms with van der Waals surface area (Å²) in [5, 5.41) is 0. The van der Waals surface area contributed by atoms with E-state index >= 15 is 0 Å². The van der Waals surface area contributed by atoms with Crippen LogP contribution in [-0.4, -0.2) is 4.98 Å². The standard InChI is InChI=1S/C13H9NOS2/c16-9-3-1-8(2-4-9)13-14-11-6-5-10(17)7-12(11)15-13/h1-7,16-17H. The van der Waals surface area contributed by atoms with E-state index in [2.05, 4.69) is 30.2 Å². The van der Waals surface area contributed by atoms with Crippen molar-refractivity contribution in [2.45, 2.75) is 9.79 Å². The SMILES string of the molecule is Sc1ccc(-c2nc3ccc(S)cc3o2)cc1. The maximum Gasteiger partial charge on any atom is 0.227 e. The molecule has 0 fully saturated rings. The van der Waals surface area contributed by atoms with E-state index in [1.165, 1.54) is 0 Å². The van der Waals surface area contributed by atoms with E-state index in [-0.39, 0.29) is 0 Å². The van der Waals surface area contributed by atoms with Crippen molar-refractivity contribution < 1.29 is 4.42 Å². The summed E-state index contributed by atoms with van der Waals surface area (Å²) in [6, 6.07) is 13.4. The topological polar surface area (TPSA) is 26.0 Å². The van der Waals surface area contributed by atoms with Crippen molar-refractivity contribution in [1.82, 2.24) is 4.98 Å². The summed E-state index contributed by atoms with van der Waals surface area (Å²) >= 11 is 8.52. The summed E-state index contributed by atoms with van der Waals surface area (Å²) in [5.41, 5.74) is 2.54. The average molecular weight is 259 g/mol. The molecular weight excluding hydrogens is 250 g/mol. The summed E-state index contributed by atoms with van der Waals surface area (Å²) in [4.78, 5) is 6.21. The third kappa shape index (κ3) is 2.06. The highest BCUT2D eigenvalue weighted by Gasteiger charge is 2.07.